The number of aromatic nitrogens is 3. The summed E-state index contributed by atoms with van der Waals surface area (Å²) >= 11 is 11.6. The van der Waals surface area contributed by atoms with Gasteiger partial charge in [-0.25, -0.2) is 4.98 Å². The van der Waals surface area contributed by atoms with E-state index in [1.54, 1.807) is 7.11 Å². The summed E-state index contributed by atoms with van der Waals surface area (Å²) in [5.74, 6) is 1.36. The zero-order valence-corrected chi connectivity index (χ0v) is 21.9. The summed E-state index contributed by atoms with van der Waals surface area (Å²) in [6, 6.07) is 6.21. The van der Waals surface area contributed by atoms with Crippen LogP contribution in [-0.2, 0) is 14.3 Å². The van der Waals surface area contributed by atoms with E-state index in [0.717, 1.165) is 65.1 Å². The number of nitrogens with zero attached hydrogens (tertiary/aromatic N) is 3. The number of benzene rings is 1. The molecule has 0 aliphatic heterocycles. The summed E-state index contributed by atoms with van der Waals surface area (Å²) < 4.78 is 18.7. The highest BCUT2D eigenvalue weighted by molar-refractivity contribution is 6.26. The lowest BCUT2D eigenvalue weighted by molar-refractivity contribution is -0.141. The van der Waals surface area contributed by atoms with Crippen LogP contribution in [0.3, 0.4) is 0 Å². The van der Waals surface area contributed by atoms with Crippen LogP contribution in [0.5, 0.6) is 0 Å². The highest BCUT2D eigenvalue weighted by Crippen LogP contribution is 2.37. The van der Waals surface area contributed by atoms with Crippen LogP contribution in [-0.4, -0.2) is 58.8 Å². The second kappa shape index (κ2) is 11.7. The third kappa shape index (κ3) is 5.66. The maximum absolute atomic E-state index is 11.8. The lowest BCUT2D eigenvalue weighted by Gasteiger charge is -2.31. The van der Waals surface area contributed by atoms with Crippen LogP contribution in [0.1, 0.15) is 55.0 Å². The minimum absolute atomic E-state index is 0.121. The number of methoxy groups -OCH3 is 1. The molecule has 0 spiro atoms. The molecule has 1 aromatic carbocycles. The molecular formula is C25H32Cl2N4O4. The van der Waals surface area contributed by atoms with Crippen molar-refractivity contribution in [3.05, 3.63) is 35.5 Å². The van der Waals surface area contributed by atoms with E-state index in [-0.39, 0.29) is 30.7 Å². The summed E-state index contributed by atoms with van der Waals surface area (Å²) in [7, 11) is 1.77. The van der Waals surface area contributed by atoms with Crippen molar-refractivity contribution in [1.82, 2.24) is 20.0 Å². The number of fused-ring (bicyclic) bond motifs is 1. The Hall–Kier alpha value is -2.13. The maximum Gasteiger partial charge on any atom is 0.320 e. The highest BCUT2D eigenvalue weighted by atomic mass is 35.5. The van der Waals surface area contributed by atoms with Crippen LogP contribution in [0.25, 0.3) is 22.2 Å². The molecule has 0 unspecified atom stereocenters. The Morgan fingerprint density at radius 2 is 2.03 bits per heavy atom. The number of carbonyl (C=O) groups excluding carboxylic acids is 1. The molecule has 8 nitrogen and oxygen atoms in total. The highest BCUT2D eigenvalue weighted by Gasteiger charge is 2.29. The Morgan fingerprint density at radius 1 is 1.26 bits per heavy atom. The second-order valence-corrected chi connectivity index (χ2v) is 9.57. The molecule has 0 amide bonds. The number of rotatable bonds is 10. The monoisotopic (exact) mass is 522 g/mol. The first-order valence-electron chi connectivity index (χ1n) is 12.0. The Morgan fingerprint density at radius 3 is 2.66 bits per heavy atom. The Balaban J connectivity index is 1.78. The number of halogens is 2. The van der Waals surface area contributed by atoms with E-state index in [2.05, 4.69) is 33.2 Å². The first-order chi connectivity index (χ1) is 17.0. The molecule has 1 atom stereocenters. The molecule has 1 aliphatic carbocycles. The zero-order chi connectivity index (χ0) is 24.9. The van der Waals surface area contributed by atoms with Gasteiger partial charge < -0.3 is 23.9 Å². The van der Waals surface area contributed by atoms with Gasteiger partial charge in [0.1, 0.15) is 30.1 Å². The van der Waals surface area contributed by atoms with Gasteiger partial charge in [0.2, 0.25) is 0 Å². The molecular weight excluding hydrogens is 491 g/mol. The minimum atomic E-state index is -0.465. The molecule has 1 saturated carbocycles. The maximum atomic E-state index is 11.8. The molecule has 10 heteroatoms. The number of aryl methyl sites for hydroxylation is 2. The van der Waals surface area contributed by atoms with E-state index >= 15 is 0 Å². The predicted molar refractivity (Wildman–Crippen MR) is 136 cm³/mol. The Labute approximate surface area is 215 Å². The van der Waals surface area contributed by atoms with E-state index in [1.807, 2.05) is 13.8 Å². The predicted octanol–water partition coefficient (Wildman–Crippen LogP) is 5.09. The average molecular weight is 523 g/mol. The largest absolute Gasteiger partial charge is 0.463 e. The Bertz CT molecular complexity index is 1130. The molecule has 0 radical (unpaired) electrons. The molecule has 3 aromatic rings. The van der Waals surface area contributed by atoms with Gasteiger partial charge in [0.15, 0.2) is 0 Å². The summed E-state index contributed by atoms with van der Waals surface area (Å²) in [6.07, 6.45) is 4.21. The first kappa shape index (κ1) is 25.9. The third-order valence-corrected chi connectivity index (χ3v) is 7.11. The lowest BCUT2D eigenvalue weighted by Crippen LogP contribution is -2.32. The molecule has 2 aromatic heterocycles. The number of alkyl halides is 2. The summed E-state index contributed by atoms with van der Waals surface area (Å²) in [5, 5.41) is 7.50. The first-order valence-corrected chi connectivity index (χ1v) is 13.0. The van der Waals surface area contributed by atoms with E-state index < -0.39 is 5.97 Å². The molecule has 0 saturated heterocycles. The number of hydrogen-bond acceptors (Lipinski definition) is 7. The smallest absolute Gasteiger partial charge is 0.320 e. The van der Waals surface area contributed by atoms with Crippen molar-refractivity contribution in [3.63, 3.8) is 0 Å². The van der Waals surface area contributed by atoms with Crippen molar-refractivity contribution in [2.45, 2.75) is 57.7 Å². The van der Waals surface area contributed by atoms with Gasteiger partial charge in [-0.15, -0.1) is 23.2 Å². The van der Waals surface area contributed by atoms with Crippen molar-refractivity contribution in [3.8, 4) is 11.1 Å². The SMILES string of the molecule is COC1CCC(n2c([C@@H](COC(=O)CCl)NCCCl)nc3cc(-c4c(C)noc4C)ccc32)CC1. The fraction of sp³-hybridized carbons (Fsp3) is 0.560. The van der Waals surface area contributed by atoms with E-state index in [4.69, 9.17) is 42.2 Å². The minimum Gasteiger partial charge on any atom is -0.463 e. The van der Waals surface area contributed by atoms with E-state index in [0.29, 0.717) is 12.4 Å². The van der Waals surface area contributed by atoms with Crippen LogP contribution in [0.15, 0.2) is 22.7 Å². The van der Waals surface area contributed by atoms with Crippen LogP contribution >= 0.6 is 23.2 Å². The van der Waals surface area contributed by atoms with Gasteiger partial charge in [0.25, 0.3) is 0 Å². The quantitative estimate of drug-likeness (QED) is 0.292. The van der Waals surface area contributed by atoms with Crippen molar-refractivity contribution < 1.29 is 18.8 Å². The molecule has 35 heavy (non-hydrogen) atoms. The number of carbonyl (C=O) groups is 1. The van der Waals surface area contributed by atoms with Gasteiger partial charge in [-0.3, -0.25) is 4.79 Å². The van der Waals surface area contributed by atoms with Gasteiger partial charge in [-0.2, -0.15) is 0 Å². The molecule has 1 N–H and O–H groups in total. The normalized spacial score (nSPS) is 19.2. The van der Waals surface area contributed by atoms with Crippen molar-refractivity contribution >= 4 is 40.2 Å². The zero-order valence-electron chi connectivity index (χ0n) is 20.4. The standard InChI is InChI=1S/C25H32Cl2N4O4/c1-15-24(16(2)35-30-15)17-4-9-22-20(12-17)29-25(21(28-11-10-26)14-34-23(32)13-27)31(22)18-5-7-19(33-3)8-6-18/h4,9,12,18-19,21,28H,5-8,10-11,13-14H2,1-3H3/t18?,19?,21-/m1/s1. The van der Waals surface area contributed by atoms with Crippen LogP contribution in [0.4, 0.5) is 0 Å². The number of ether oxygens (including phenoxy) is 2. The van der Waals surface area contributed by atoms with Gasteiger partial charge in [0.05, 0.1) is 22.8 Å². The molecule has 4 rings (SSSR count). The topological polar surface area (TPSA) is 91.4 Å². The number of esters is 1. The van der Waals surface area contributed by atoms with Gasteiger partial charge >= 0.3 is 5.97 Å². The Kier molecular flexibility index (Phi) is 8.70. The summed E-state index contributed by atoms with van der Waals surface area (Å²) in [5.41, 5.74) is 4.74. The van der Waals surface area contributed by atoms with Crippen molar-refractivity contribution in [1.29, 1.82) is 0 Å². The van der Waals surface area contributed by atoms with Crippen LogP contribution in [0.2, 0.25) is 0 Å². The van der Waals surface area contributed by atoms with Gasteiger partial charge in [-0.05, 0) is 57.2 Å². The molecule has 2 heterocycles. The van der Waals surface area contributed by atoms with Crippen LogP contribution in [0, 0.1) is 13.8 Å². The second-order valence-electron chi connectivity index (χ2n) is 8.92. The summed E-state index contributed by atoms with van der Waals surface area (Å²) in [6.45, 7) is 4.52. The molecule has 1 aliphatic rings. The lowest BCUT2D eigenvalue weighted by atomic mass is 9.92. The summed E-state index contributed by atoms with van der Waals surface area (Å²) in [4.78, 5) is 16.9. The fourth-order valence-corrected chi connectivity index (χ4v) is 5.19. The van der Waals surface area contributed by atoms with Gasteiger partial charge in [-0.1, -0.05) is 11.2 Å². The third-order valence-electron chi connectivity index (χ3n) is 6.70. The van der Waals surface area contributed by atoms with Gasteiger partial charge in [0, 0.05) is 31.1 Å². The number of imidazole rings is 1. The molecule has 0 bridgehead atoms. The molecule has 190 valence electrons. The van der Waals surface area contributed by atoms with Crippen molar-refractivity contribution in [2.24, 2.45) is 0 Å². The molecule has 1 fully saturated rings. The average Bonchev–Trinajstić information content (AvgIpc) is 3.42. The number of nitrogens with one attached hydrogen (secondary N) is 1. The van der Waals surface area contributed by atoms with Crippen LogP contribution < -0.4 is 5.32 Å². The van der Waals surface area contributed by atoms with E-state index in [1.165, 1.54) is 0 Å². The van der Waals surface area contributed by atoms with E-state index in [9.17, 15) is 4.79 Å². The fourth-order valence-electron chi connectivity index (χ4n) is 5.01. The number of hydrogen-bond donors (Lipinski definition) is 1. The van der Waals surface area contributed by atoms with Crippen molar-refractivity contribution in [2.75, 3.05) is 32.0 Å².